The van der Waals surface area contributed by atoms with E-state index in [9.17, 15) is 9.90 Å². The van der Waals surface area contributed by atoms with Crippen molar-refractivity contribution >= 4 is 11.6 Å². The third kappa shape index (κ3) is 1.73. The Bertz CT molecular complexity index is 717. The van der Waals surface area contributed by atoms with Gasteiger partial charge in [-0.15, -0.1) is 0 Å². The van der Waals surface area contributed by atoms with Crippen molar-refractivity contribution in [3.63, 3.8) is 0 Å². The minimum Gasteiger partial charge on any atom is -0.545 e. The monoisotopic (exact) mass is 237 g/mol. The molecule has 0 unspecified atom stereocenters. The van der Waals surface area contributed by atoms with E-state index in [0.29, 0.717) is 5.65 Å². The summed E-state index contributed by atoms with van der Waals surface area (Å²) < 4.78 is 1.69. The number of carboxylic acid groups (broad SMARTS) is 1. The molecule has 4 nitrogen and oxygen atoms in total. The molecule has 0 radical (unpaired) electrons. The Kier molecular flexibility index (Phi) is 2.34. The molecule has 88 valence electrons. The number of benzene rings is 1. The molecule has 0 aliphatic rings. The molecule has 1 aromatic carbocycles. The SMILES string of the molecule is O=C([O-])c1ccc2nc(-c3ccccc3)cn2c1. The smallest absolute Gasteiger partial charge is 0.137 e. The number of carboxylic acids is 1. The molecule has 2 heterocycles. The molecule has 0 aliphatic heterocycles. The fourth-order valence-corrected chi connectivity index (χ4v) is 1.86. The first-order valence-electron chi connectivity index (χ1n) is 5.49. The van der Waals surface area contributed by atoms with Gasteiger partial charge in [0.05, 0.1) is 11.7 Å². The molecule has 0 amide bonds. The predicted octanol–water partition coefficient (Wildman–Crippen LogP) is 1.36. The van der Waals surface area contributed by atoms with Gasteiger partial charge >= 0.3 is 0 Å². The van der Waals surface area contributed by atoms with Crippen molar-refractivity contribution in [2.24, 2.45) is 0 Å². The lowest BCUT2D eigenvalue weighted by molar-refractivity contribution is -0.255. The Morgan fingerprint density at radius 2 is 1.83 bits per heavy atom. The van der Waals surface area contributed by atoms with Crippen LogP contribution in [-0.4, -0.2) is 15.4 Å². The van der Waals surface area contributed by atoms with Gasteiger partial charge in [-0.1, -0.05) is 30.3 Å². The van der Waals surface area contributed by atoms with Crippen LogP contribution in [0.1, 0.15) is 10.4 Å². The van der Waals surface area contributed by atoms with E-state index < -0.39 is 5.97 Å². The standard InChI is InChI=1S/C14H10N2O2/c17-14(18)11-6-7-13-15-12(9-16(13)8-11)10-4-2-1-3-5-10/h1-9H,(H,17,18)/p-1. The fourth-order valence-electron chi connectivity index (χ4n) is 1.86. The van der Waals surface area contributed by atoms with Crippen molar-refractivity contribution in [1.29, 1.82) is 0 Å². The lowest BCUT2D eigenvalue weighted by atomic mass is 10.2. The van der Waals surface area contributed by atoms with Gasteiger partial charge in [-0.25, -0.2) is 4.98 Å². The Morgan fingerprint density at radius 1 is 1.06 bits per heavy atom. The number of carbonyl (C=O) groups is 1. The van der Waals surface area contributed by atoms with Crippen molar-refractivity contribution < 1.29 is 9.90 Å². The van der Waals surface area contributed by atoms with Gasteiger partial charge in [0.2, 0.25) is 0 Å². The molecule has 18 heavy (non-hydrogen) atoms. The van der Waals surface area contributed by atoms with Crippen molar-refractivity contribution in [3.05, 3.63) is 60.4 Å². The summed E-state index contributed by atoms with van der Waals surface area (Å²) >= 11 is 0. The predicted molar refractivity (Wildman–Crippen MR) is 65.0 cm³/mol. The zero-order valence-electron chi connectivity index (χ0n) is 9.41. The molecular formula is C14H9N2O2-. The number of fused-ring (bicyclic) bond motifs is 1. The van der Waals surface area contributed by atoms with Gasteiger partial charge in [-0.05, 0) is 12.1 Å². The highest BCUT2D eigenvalue weighted by molar-refractivity contribution is 5.85. The highest BCUT2D eigenvalue weighted by Crippen LogP contribution is 2.18. The number of pyridine rings is 1. The maximum Gasteiger partial charge on any atom is 0.137 e. The quantitative estimate of drug-likeness (QED) is 0.676. The second-order valence-corrected chi connectivity index (χ2v) is 3.96. The Labute approximate surface area is 103 Å². The van der Waals surface area contributed by atoms with E-state index in [2.05, 4.69) is 4.98 Å². The highest BCUT2D eigenvalue weighted by atomic mass is 16.4. The van der Waals surface area contributed by atoms with E-state index in [0.717, 1.165) is 11.3 Å². The second kappa shape index (κ2) is 4.00. The summed E-state index contributed by atoms with van der Waals surface area (Å²) in [7, 11) is 0. The zero-order chi connectivity index (χ0) is 12.5. The summed E-state index contributed by atoms with van der Waals surface area (Å²) in [6.45, 7) is 0. The molecule has 2 aromatic heterocycles. The van der Waals surface area contributed by atoms with Gasteiger partial charge in [-0.3, -0.25) is 0 Å². The number of nitrogens with zero attached hydrogens (tertiary/aromatic N) is 2. The molecule has 0 saturated carbocycles. The fraction of sp³-hybridized carbons (Fsp3) is 0. The van der Waals surface area contributed by atoms with Crippen molar-refractivity contribution in [3.8, 4) is 11.3 Å². The lowest BCUT2D eigenvalue weighted by Crippen LogP contribution is -2.22. The molecule has 0 saturated heterocycles. The number of rotatable bonds is 2. The topological polar surface area (TPSA) is 57.4 Å². The van der Waals surface area contributed by atoms with Crippen LogP contribution in [0, 0.1) is 0 Å². The van der Waals surface area contributed by atoms with Crippen LogP contribution in [0.2, 0.25) is 0 Å². The summed E-state index contributed by atoms with van der Waals surface area (Å²) in [6, 6.07) is 12.9. The summed E-state index contributed by atoms with van der Waals surface area (Å²) in [6.07, 6.45) is 3.31. The average Bonchev–Trinajstić information content (AvgIpc) is 2.82. The molecule has 4 heteroatoms. The summed E-state index contributed by atoms with van der Waals surface area (Å²) in [4.78, 5) is 15.2. The van der Waals surface area contributed by atoms with Crippen LogP contribution in [0.25, 0.3) is 16.9 Å². The van der Waals surface area contributed by atoms with Crippen molar-refractivity contribution in [1.82, 2.24) is 9.38 Å². The summed E-state index contributed by atoms with van der Waals surface area (Å²) in [5, 5.41) is 10.8. The molecule has 0 N–H and O–H groups in total. The highest BCUT2D eigenvalue weighted by Gasteiger charge is 2.04. The molecule has 3 rings (SSSR count). The number of carbonyl (C=O) groups excluding carboxylic acids is 1. The molecule has 0 fully saturated rings. The van der Waals surface area contributed by atoms with Gasteiger partial charge in [0.1, 0.15) is 5.65 Å². The number of imidazole rings is 1. The van der Waals surface area contributed by atoms with Crippen LogP contribution in [0.5, 0.6) is 0 Å². The van der Waals surface area contributed by atoms with Crippen LogP contribution >= 0.6 is 0 Å². The van der Waals surface area contributed by atoms with Crippen molar-refractivity contribution in [2.45, 2.75) is 0 Å². The van der Waals surface area contributed by atoms with Gasteiger partial charge in [0.25, 0.3) is 0 Å². The third-order valence-corrected chi connectivity index (χ3v) is 2.76. The van der Waals surface area contributed by atoms with Gasteiger partial charge in [-0.2, -0.15) is 0 Å². The summed E-state index contributed by atoms with van der Waals surface area (Å²) in [5.74, 6) is -1.19. The summed E-state index contributed by atoms with van der Waals surface area (Å²) in [5.41, 5.74) is 2.65. The third-order valence-electron chi connectivity index (χ3n) is 2.76. The van der Waals surface area contributed by atoms with E-state index in [1.165, 1.54) is 12.3 Å². The van der Waals surface area contributed by atoms with Crippen LogP contribution in [-0.2, 0) is 0 Å². The van der Waals surface area contributed by atoms with Gasteiger partial charge < -0.3 is 14.3 Å². The van der Waals surface area contributed by atoms with Crippen molar-refractivity contribution in [2.75, 3.05) is 0 Å². The number of hydrogen-bond acceptors (Lipinski definition) is 3. The van der Waals surface area contributed by atoms with Gasteiger partial charge in [0.15, 0.2) is 0 Å². The molecule has 0 bridgehead atoms. The number of hydrogen-bond donors (Lipinski definition) is 0. The first-order valence-corrected chi connectivity index (χ1v) is 5.49. The molecule has 0 aliphatic carbocycles. The Hall–Kier alpha value is -2.62. The number of aromatic carboxylic acids is 1. The number of aromatic nitrogens is 2. The Balaban J connectivity index is 2.14. The zero-order valence-corrected chi connectivity index (χ0v) is 9.41. The molecular weight excluding hydrogens is 228 g/mol. The van der Waals surface area contributed by atoms with Crippen LogP contribution in [0.4, 0.5) is 0 Å². The molecule has 0 spiro atoms. The average molecular weight is 237 g/mol. The minimum absolute atomic E-state index is 0.138. The molecule has 0 atom stereocenters. The van der Waals surface area contributed by atoms with E-state index in [1.807, 2.05) is 30.3 Å². The normalized spacial score (nSPS) is 10.7. The van der Waals surface area contributed by atoms with Crippen LogP contribution < -0.4 is 5.11 Å². The van der Waals surface area contributed by atoms with Crippen LogP contribution in [0.3, 0.4) is 0 Å². The Morgan fingerprint density at radius 3 is 2.56 bits per heavy atom. The lowest BCUT2D eigenvalue weighted by Gasteiger charge is -2.01. The van der Waals surface area contributed by atoms with E-state index in [1.54, 1.807) is 16.7 Å². The second-order valence-electron chi connectivity index (χ2n) is 3.96. The maximum absolute atomic E-state index is 10.8. The van der Waals surface area contributed by atoms with E-state index in [4.69, 9.17) is 0 Å². The maximum atomic E-state index is 10.8. The molecule has 3 aromatic rings. The first kappa shape index (κ1) is 10.5. The van der Waals surface area contributed by atoms with E-state index in [-0.39, 0.29) is 5.56 Å². The minimum atomic E-state index is -1.19. The van der Waals surface area contributed by atoms with E-state index >= 15 is 0 Å². The van der Waals surface area contributed by atoms with Gasteiger partial charge in [0, 0.05) is 23.5 Å². The van der Waals surface area contributed by atoms with Crippen LogP contribution in [0.15, 0.2) is 54.9 Å². The first-order chi connectivity index (χ1) is 8.74. The largest absolute Gasteiger partial charge is 0.545 e.